The molecule has 0 amide bonds. The minimum atomic E-state index is -4.55. The van der Waals surface area contributed by atoms with E-state index in [4.69, 9.17) is 0 Å². The Morgan fingerprint density at radius 3 is 2.59 bits per heavy atom. The molecule has 0 radical (unpaired) electrons. The number of fused-ring (bicyclic) bond motifs is 2. The number of halogens is 3. The standard InChI is InChI=1S/C19H12F3N3O2/c20-19(21,22)13-7-12-8-16(18(26)27)25(17(12)23-9-13)10-14-6-5-11-3-1-2-4-15(11)24-14/h1-9H,10H2,(H,26,27). The Bertz CT molecular complexity index is 1180. The van der Waals surface area contributed by atoms with Crippen LogP contribution in [0.2, 0.25) is 0 Å². The second kappa shape index (κ2) is 6.08. The SMILES string of the molecule is O=C(O)c1cc2cc(C(F)(F)F)cnc2n1Cc1ccc2ccccc2n1. The Labute approximate surface area is 150 Å². The number of aromatic nitrogens is 3. The van der Waals surface area contributed by atoms with Gasteiger partial charge in [-0.25, -0.2) is 9.78 Å². The van der Waals surface area contributed by atoms with Gasteiger partial charge in [-0.05, 0) is 24.3 Å². The summed E-state index contributed by atoms with van der Waals surface area (Å²) in [5.41, 5.74) is 0.418. The molecule has 1 N–H and O–H groups in total. The fourth-order valence-corrected chi connectivity index (χ4v) is 3.00. The molecule has 27 heavy (non-hydrogen) atoms. The second-order valence-electron chi connectivity index (χ2n) is 6.05. The van der Waals surface area contributed by atoms with Crippen molar-refractivity contribution in [3.63, 3.8) is 0 Å². The molecule has 3 aromatic heterocycles. The van der Waals surface area contributed by atoms with E-state index in [-0.39, 0.29) is 23.3 Å². The molecule has 0 saturated carbocycles. The molecule has 0 aliphatic rings. The zero-order valence-corrected chi connectivity index (χ0v) is 13.7. The van der Waals surface area contributed by atoms with Crippen molar-refractivity contribution in [1.82, 2.24) is 14.5 Å². The first-order chi connectivity index (χ1) is 12.8. The number of nitrogens with zero attached hydrogens (tertiary/aromatic N) is 3. The van der Waals surface area contributed by atoms with Gasteiger partial charge in [-0.3, -0.25) is 4.98 Å². The highest BCUT2D eigenvalue weighted by Crippen LogP contribution is 2.31. The van der Waals surface area contributed by atoms with Gasteiger partial charge in [-0.1, -0.05) is 24.3 Å². The molecule has 8 heteroatoms. The topological polar surface area (TPSA) is 68.0 Å². The molecule has 0 aliphatic carbocycles. The van der Waals surface area contributed by atoms with Crippen molar-refractivity contribution in [2.75, 3.05) is 0 Å². The highest BCUT2D eigenvalue weighted by molar-refractivity contribution is 5.93. The minimum absolute atomic E-state index is 0.0777. The molecule has 1 aromatic carbocycles. The smallest absolute Gasteiger partial charge is 0.417 e. The average molecular weight is 371 g/mol. The average Bonchev–Trinajstić information content (AvgIpc) is 2.99. The summed E-state index contributed by atoms with van der Waals surface area (Å²) >= 11 is 0. The first-order valence-electron chi connectivity index (χ1n) is 7.97. The van der Waals surface area contributed by atoms with Crippen LogP contribution in [0.1, 0.15) is 21.7 Å². The predicted molar refractivity (Wildman–Crippen MR) is 92.5 cm³/mol. The molecule has 0 fully saturated rings. The number of pyridine rings is 2. The molecular formula is C19H12F3N3O2. The molecule has 0 atom stereocenters. The number of rotatable bonds is 3. The maximum Gasteiger partial charge on any atom is 0.417 e. The van der Waals surface area contributed by atoms with Crippen LogP contribution in [-0.2, 0) is 12.7 Å². The van der Waals surface area contributed by atoms with Crippen molar-refractivity contribution in [3.8, 4) is 0 Å². The number of carboxylic acids is 1. The number of para-hydroxylation sites is 1. The van der Waals surface area contributed by atoms with Crippen molar-refractivity contribution in [3.05, 3.63) is 71.7 Å². The van der Waals surface area contributed by atoms with E-state index >= 15 is 0 Å². The van der Waals surface area contributed by atoms with Crippen LogP contribution in [0.4, 0.5) is 13.2 Å². The molecule has 5 nitrogen and oxygen atoms in total. The van der Waals surface area contributed by atoms with Gasteiger partial charge in [0.1, 0.15) is 11.3 Å². The third-order valence-corrected chi connectivity index (χ3v) is 4.26. The van der Waals surface area contributed by atoms with Gasteiger partial charge in [0.2, 0.25) is 0 Å². The van der Waals surface area contributed by atoms with Crippen LogP contribution in [-0.4, -0.2) is 25.6 Å². The lowest BCUT2D eigenvalue weighted by atomic mass is 10.2. The first kappa shape index (κ1) is 17.0. The van der Waals surface area contributed by atoms with Crippen molar-refractivity contribution in [2.24, 2.45) is 0 Å². The van der Waals surface area contributed by atoms with Crippen molar-refractivity contribution in [1.29, 1.82) is 0 Å². The summed E-state index contributed by atoms with van der Waals surface area (Å²) in [5, 5.41) is 10.5. The molecule has 0 spiro atoms. The molecule has 0 unspecified atom stereocenters. The van der Waals surface area contributed by atoms with Crippen LogP contribution in [0.25, 0.3) is 21.9 Å². The molecule has 3 heterocycles. The largest absolute Gasteiger partial charge is 0.477 e. The van der Waals surface area contributed by atoms with Crippen molar-refractivity contribution >= 4 is 27.9 Å². The summed E-state index contributed by atoms with van der Waals surface area (Å²) in [5.74, 6) is -1.25. The Kier molecular flexibility index (Phi) is 3.83. The molecule has 0 saturated heterocycles. The van der Waals surface area contributed by atoms with E-state index in [2.05, 4.69) is 9.97 Å². The van der Waals surface area contributed by atoms with Gasteiger partial charge >= 0.3 is 12.1 Å². The maximum absolute atomic E-state index is 12.9. The Morgan fingerprint density at radius 2 is 1.85 bits per heavy atom. The quantitative estimate of drug-likeness (QED) is 0.581. The third kappa shape index (κ3) is 3.10. The predicted octanol–water partition coefficient (Wildman–Crippen LogP) is 4.35. The highest BCUT2D eigenvalue weighted by Gasteiger charge is 2.31. The van der Waals surface area contributed by atoms with Crippen LogP contribution in [0.15, 0.2) is 54.7 Å². The zero-order valence-electron chi connectivity index (χ0n) is 13.7. The van der Waals surface area contributed by atoms with Crippen LogP contribution in [0, 0.1) is 0 Å². The van der Waals surface area contributed by atoms with E-state index in [1.165, 1.54) is 10.6 Å². The minimum Gasteiger partial charge on any atom is -0.477 e. The van der Waals surface area contributed by atoms with Crippen LogP contribution in [0.3, 0.4) is 0 Å². The molecule has 4 rings (SSSR count). The Balaban J connectivity index is 1.83. The summed E-state index contributed by atoms with van der Waals surface area (Å²) in [6, 6.07) is 13.2. The van der Waals surface area contributed by atoms with E-state index in [9.17, 15) is 23.1 Å². The Morgan fingerprint density at radius 1 is 1.07 bits per heavy atom. The van der Waals surface area contributed by atoms with E-state index in [0.717, 1.165) is 17.0 Å². The fourth-order valence-electron chi connectivity index (χ4n) is 3.00. The summed E-state index contributed by atoms with van der Waals surface area (Å²) < 4.78 is 40.1. The third-order valence-electron chi connectivity index (χ3n) is 4.26. The second-order valence-corrected chi connectivity index (χ2v) is 6.05. The molecular weight excluding hydrogens is 359 g/mol. The van der Waals surface area contributed by atoms with Crippen LogP contribution in [0.5, 0.6) is 0 Å². The van der Waals surface area contributed by atoms with Gasteiger partial charge in [0.25, 0.3) is 0 Å². The maximum atomic E-state index is 12.9. The summed E-state index contributed by atoms with van der Waals surface area (Å²) in [6.07, 6.45) is -3.84. The number of hydrogen-bond donors (Lipinski definition) is 1. The number of aromatic carboxylic acids is 1. The lowest BCUT2D eigenvalue weighted by Gasteiger charge is -2.09. The summed E-state index contributed by atoms with van der Waals surface area (Å²) in [6.45, 7) is 0.0777. The van der Waals surface area contributed by atoms with Gasteiger partial charge in [0, 0.05) is 17.0 Å². The number of hydrogen-bond acceptors (Lipinski definition) is 3. The lowest BCUT2D eigenvalue weighted by molar-refractivity contribution is -0.137. The first-order valence-corrected chi connectivity index (χ1v) is 7.97. The number of alkyl halides is 3. The van der Waals surface area contributed by atoms with Crippen molar-refractivity contribution in [2.45, 2.75) is 12.7 Å². The number of carbonyl (C=O) groups is 1. The Hall–Kier alpha value is -3.42. The van der Waals surface area contributed by atoms with Gasteiger partial charge in [0.15, 0.2) is 0 Å². The van der Waals surface area contributed by atoms with E-state index < -0.39 is 17.7 Å². The summed E-state index contributed by atoms with van der Waals surface area (Å²) in [7, 11) is 0. The lowest BCUT2D eigenvalue weighted by Crippen LogP contribution is -2.11. The van der Waals surface area contributed by atoms with E-state index in [1.807, 2.05) is 30.3 Å². The molecule has 0 bridgehead atoms. The number of benzene rings is 1. The number of carboxylic acid groups (broad SMARTS) is 1. The molecule has 0 aliphatic heterocycles. The summed E-state index contributed by atoms with van der Waals surface area (Å²) in [4.78, 5) is 19.9. The fraction of sp³-hybridized carbons (Fsp3) is 0.105. The van der Waals surface area contributed by atoms with E-state index in [1.54, 1.807) is 6.07 Å². The van der Waals surface area contributed by atoms with Crippen molar-refractivity contribution < 1.29 is 23.1 Å². The monoisotopic (exact) mass is 371 g/mol. The van der Waals surface area contributed by atoms with Crippen LogP contribution < -0.4 is 0 Å². The van der Waals surface area contributed by atoms with Gasteiger partial charge in [-0.15, -0.1) is 0 Å². The molecule has 136 valence electrons. The van der Waals surface area contributed by atoms with Gasteiger partial charge in [0.05, 0.1) is 23.3 Å². The highest BCUT2D eigenvalue weighted by atomic mass is 19.4. The van der Waals surface area contributed by atoms with Gasteiger partial charge in [-0.2, -0.15) is 13.2 Å². The van der Waals surface area contributed by atoms with E-state index in [0.29, 0.717) is 11.9 Å². The zero-order chi connectivity index (χ0) is 19.2. The normalized spacial score (nSPS) is 12.0. The van der Waals surface area contributed by atoms with Gasteiger partial charge < -0.3 is 9.67 Å². The van der Waals surface area contributed by atoms with Crippen LogP contribution >= 0.6 is 0 Å². The molecule has 4 aromatic rings.